The molecule has 0 saturated heterocycles. The number of hydrogen-bond acceptors (Lipinski definition) is 3. The minimum Gasteiger partial charge on any atom is -0.478 e. The Labute approximate surface area is 124 Å². The summed E-state index contributed by atoms with van der Waals surface area (Å²) in [6.07, 6.45) is 0. The van der Waals surface area contributed by atoms with Gasteiger partial charge in [0.2, 0.25) is 0 Å². The quantitative estimate of drug-likeness (QED) is 0.889. The Kier molecular flexibility index (Phi) is 4.06. The summed E-state index contributed by atoms with van der Waals surface area (Å²) in [5, 5.41) is 21.3. The highest BCUT2D eigenvalue weighted by Gasteiger charge is 2.12. The molecule has 4 nitrogen and oxygen atoms in total. The zero-order chi connectivity index (χ0) is 14.7. The second-order valence-corrected chi connectivity index (χ2v) is 5.20. The number of carboxylic acids is 1. The summed E-state index contributed by atoms with van der Waals surface area (Å²) in [6, 6.07) is 12.4. The van der Waals surface area contributed by atoms with Crippen LogP contribution in [0, 0.1) is 18.3 Å². The van der Waals surface area contributed by atoms with Gasteiger partial charge in [-0.1, -0.05) is 27.6 Å². The summed E-state index contributed by atoms with van der Waals surface area (Å²) in [5.41, 5.74) is 2.52. The molecule has 2 N–H and O–H groups in total. The Bertz CT molecular complexity index is 720. The Hall–Kier alpha value is -2.32. The van der Waals surface area contributed by atoms with Gasteiger partial charge in [-0.15, -0.1) is 0 Å². The molecule has 0 aromatic heterocycles. The molecule has 100 valence electrons. The van der Waals surface area contributed by atoms with Crippen LogP contribution in [0.1, 0.15) is 21.5 Å². The Balaban J connectivity index is 2.45. The summed E-state index contributed by atoms with van der Waals surface area (Å²) in [5.74, 6) is -1.01. The van der Waals surface area contributed by atoms with Crippen LogP contribution in [0.3, 0.4) is 0 Å². The monoisotopic (exact) mass is 330 g/mol. The predicted molar refractivity (Wildman–Crippen MR) is 80.3 cm³/mol. The number of aryl methyl sites for hydroxylation is 1. The number of nitriles is 1. The number of hydrogen-bond donors (Lipinski definition) is 2. The molecule has 0 heterocycles. The van der Waals surface area contributed by atoms with E-state index >= 15 is 0 Å². The van der Waals surface area contributed by atoms with Gasteiger partial charge >= 0.3 is 5.97 Å². The molecule has 0 unspecified atom stereocenters. The minimum atomic E-state index is -1.01. The van der Waals surface area contributed by atoms with E-state index < -0.39 is 5.97 Å². The van der Waals surface area contributed by atoms with E-state index in [1.807, 2.05) is 13.0 Å². The highest BCUT2D eigenvalue weighted by Crippen LogP contribution is 2.26. The number of rotatable bonds is 3. The van der Waals surface area contributed by atoms with Gasteiger partial charge in [-0.2, -0.15) is 5.26 Å². The largest absolute Gasteiger partial charge is 0.478 e. The van der Waals surface area contributed by atoms with Gasteiger partial charge in [0.05, 0.1) is 22.5 Å². The molecular weight excluding hydrogens is 320 g/mol. The second kappa shape index (κ2) is 5.76. The van der Waals surface area contributed by atoms with Gasteiger partial charge in [0.25, 0.3) is 0 Å². The van der Waals surface area contributed by atoms with Crippen LogP contribution in [0.2, 0.25) is 0 Å². The molecule has 2 rings (SSSR count). The van der Waals surface area contributed by atoms with Crippen LogP contribution in [-0.2, 0) is 0 Å². The number of carbonyl (C=O) groups is 1. The number of aromatic carboxylic acids is 1. The molecule has 2 aromatic rings. The van der Waals surface area contributed by atoms with Crippen LogP contribution in [0.15, 0.2) is 40.9 Å². The van der Waals surface area contributed by atoms with Gasteiger partial charge in [-0.3, -0.25) is 0 Å². The van der Waals surface area contributed by atoms with Gasteiger partial charge in [-0.05, 0) is 37.3 Å². The first kappa shape index (κ1) is 14.1. The van der Waals surface area contributed by atoms with Crippen molar-refractivity contribution in [1.82, 2.24) is 0 Å². The third-order valence-electron chi connectivity index (χ3n) is 2.78. The first-order chi connectivity index (χ1) is 9.51. The molecule has 0 spiro atoms. The van der Waals surface area contributed by atoms with Gasteiger partial charge in [0.15, 0.2) is 0 Å². The SMILES string of the molecule is Cc1ccc(Nc2ccc(Br)cc2C#N)c(C(=O)O)c1. The second-order valence-electron chi connectivity index (χ2n) is 4.28. The van der Waals surface area contributed by atoms with Crippen LogP contribution in [0.5, 0.6) is 0 Å². The number of anilines is 2. The fraction of sp³-hybridized carbons (Fsp3) is 0.0667. The summed E-state index contributed by atoms with van der Waals surface area (Å²) in [4.78, 5) is 11.3. The van der Waals surface area contributed by atoms with Crippen molar-refractivity contribution < 1.29 is 9.90 Å². The number of nitrogens with one attached hydrogen (secondary N) is 1. The number of nitrogens with zero attached hydrogens (tertiary/aromatic N) is 1. The molecule has 0 radical (unpaired) electrons. The van der Waals surface area contributed by atoms with Gasteiger partial charge in [-0.25, -0.2) is 4.79 Å². The standard InChI is InChI=1S/C15H11BrN2O2/c1-9-2-4-14(12(6-9)15(19)20)18-13-5-3-11(16)7-10(13)8-17/h2-7,18H,1H3,(H,19,20). The average molecular weight is 331 g/mol. The maximum Gasteiger partial charge on any atom is 0.337 e. The maximum absolute atomic E-state index is 11.3. The first-order valence-electron chi connectivity index (χ1n) is 5.82. The van der Waals surface area contributed by atoms with E-state index in [1.54, 1.807) is 30.3 Å². The highest BCUT2D eigenvalue weighted by atomic mass is 79.9. The lowest BCUT2D eigenvalue weighted by molar-refractivity contribution is 0.0698. The smallest absolute Gasteiger partial charge is 0.337 e. The van der Waals surface area contributed by atoms with Crippen LogP contribution in [0.25, 0.3) is 0 Å². The number of benzene rings is 2. The predicted octanol–water partition coefficient (Wildman–Crippen LogP) is 4.07. The maximum atomic E-state index is 11.3. The van der Waals surface area contributed by atoms with Crippen LogP contribution < -0.4 is 5.32 Å². The van der Waals surface area contributed by atoms with Crippen molar-refractivity contribution in [3.63, 3.8) is 0 Å². The molecule has 20 heavy (non-hydrogen) atoms. The molecule has 0 bridgehead atoms. The van der Waals surface area contributed by atoms with E-state index in [9.17, 15) is 9.90 Å². The molecule has 0 atom stereocenters. The minimum absolute atomic E-state index is 0.178. The normalized spacial score (nSPS) is 9.85. The molecule has 0 aliphatic heterocycles. The third-order valence-corrected chi connectivity index (χ3v) is 3.27. The Morgan fingerprint density at radius 3 is 2.60 bits per heavy atom. The highest BCUT2D eigenvalue weighted by molar-refractivity contribution is 9.10. The topological polar surface area (TPSA) is 73.1 Å². The van der Waals surface area contributed by atoms with Crippen LogP contribution in [0.4, 0.5) is 11.4 Å². The fourth-order valence-corrected chi connectivity index (χ4v) is 2.17. The number of carboxylic acid groups (broad SMARTS) is 1. The van der Waals surface area contributed by atoms with Crippen molar-refractivity contribution in [2.75, 3.05) is 5.32 Å². The van der Waals surface area contributed by atoms with Gasteiger partial charge in [0.1, 0.15) is 6.07 Å². The van der Waals surface area contributed by atoms with E-state index in [1.165, 1.54) is 0 Å². The summed E-state index contributed by atoms with van der Waals surface area (Å²) in [6.45, 7) is 1.83. The van der Waals surface area contributed by atoms with E-state index in [4.69, 9.17) is 5.26 Å². The van der Waals surface area contributed by atoms with Crippen molar-refractivity contribution in [1.29, 1.82) is 5.26 Å². The van der Waals surface area contributed by atoms with E-state index in [0.29, 0.717) is 16.9 Å². The molecular formula is C15H11BrN2O2. The van der Waals surface area contributed by atoms with Gasteiger partial charge < -0.3 is 10.4 Å². The van der Waals surface area contributed by atoms with Crippen molar-refractivity contribution in [3.05, 3.63) is 57.6 Å². The molecule has 2 aromatic carbocycles. The molecule has 0 aliphatic carbocycles. The molecule has 0 amide bonds. The summed E-state index contributed by atoms with van der Waals surface area (Å²) < 4.78 is 0.793. The van der Waals surface area contributed by atoms with E-state index in [-0.39, 0.29) is 5.56 Å². The van der Waals surface area contributed by atoms with E-state index in [2.05, 4.69) is 27.3 Å². The first-order valence-corrected chi connectivity index (χ1v) is 6.61. The summed E-state index contributed by atoms with van der Waals surface area (Å²) in [7, 11) is 0. The van der Waals surface area contributed by atoms with E-state index in [0.717, 1.165) is 10.0 Å². The lowest BCUT2D eigenvalue weighted by atomic mass is 10.1. The molecule has 0 aliphatic rings. The van der Waals surface area contributed by atoms with Crippen LogP contribution >= 0.6 is 15.9 Å². The van der Waals surface area contributed by atoms with Crippen molar-refractivity contribution in [2.24, 2.45) is 0 Å². The Morgan fingerprint density at radius 2 is 1.95 bits per heavy atom. The molecule has 0 saturated carbocycles. The third kappa shape index (κ3) is 2.98. The number of halogens is 1. The lowest BCUT2D eigenvalue weighted by Crippen LogP contribution is -2.04. The van der Waals surface area contributed by atoms with Crippen LogP contribution in [-0.4, -0.2) is 11.1 Å². The molecule has 5 heteroatoms. The zero-order valence-electron chi connectivity index (χ0n) is 10.6. The average Bonchev–Trinajstić information content (AvgIpc) is 2.42. The van der Waals surface area contributed by atoms with Crippen molar-refractivity contribution >= 4 is 33.3 Å². The molecule has 0 fully saturated rings. The fourth-order valence-electron chi connectivity index (χ4n) is 1.81. The Morgan fingerprint density at radius 1 is 1.25 bits per heavy atom. The van der Waals surface area contributed by atoms with Gasteiger partial charge in [0, 0.05) is 4.47 Å². The van der Waals surface area contributed by atoms with Crippen molar-refractivity contribution in [2.45, 2.75) is 6.92 Å². The lowest BCUT2D eigenvalue weighted by Gasteiger charge is -2.12. The summed E-state index contributed by atoms with van der Waals surface area (Å²) >= 11 is 3.30. The van der Waals surface area contributed by atoms with Crippen molar-refractivity contribution in [3.8, 4) is 6.07 Å². The zero-order valence-corrected chi connectivity index (χ0v) is 12.2.